The van der Waals surface area contributed by atoms with E-state index < -0.39 is 7.81 Å². The van der Waals surface area contributed by atoms with Gasteiger partial charge in [0.1, 0.15) is 7.05 Å². The Morgan fingerprint density at radius 3 is 1.94 bits per heavy atom. The third kappa shape index (κ3) is 9.68. The van der Waals surface area contributed by atoms with Gasteiger partial charge in [-0.1, -0.05) is 93.1 Å². The predicted octanol–water partition coefficient (Wildman–Crippen LogP) is 11.4. The number of nitrogens with zero attached hydrogens (tertiary/aromatic N) is 2. The van der Waals surface area contributed by atoms with Gasteiger partial charge in [0, 0.05) is 47.5 Å². The monoisotopic (exact) mass is 779 g/mol. The number of unbranched alkanes of at least 4 members (excludes halogenated alkanes) is 2. The molecule has 2 aliphatic heterocycles. The number of carbonyl (C=O) groups excluding carboxylic acids is 1. The van der Waals surface area contributed by atoms with Crippen LogP contribution < -0.4 is 16.2 Å². The molecule has 6 rings (SSSR count). The van der Waals surface area contributed by atoms with Gasteiger partial charge in [-0.2, -0.15) is 4.58 Å². The van der Waals surface area contributed by atoms with Crippen molar-refractivity contribution in [1.29, 1.82) is 0 Å². The van der Waals surface area contributed by atoms with Gasteiger partial charge in [0.2, 0.25) is 5.69 Å². The fraction of sp³-hybridized carbons (Fsp3) is 0.300. The standard InChI is InChI=1S/C40H44N4O.ClH.F6P/c1-39(2)34(43(5)32-25-23-28-16-11-13-18-30(28)37(32)39)20-8-6-9-21-35-40(3,4)38-31-19-14-12-17-29(31)24-26-33(38)44(35)27-15-7-10-22-36(45)42-41;;1-7(2,3,4,5)6/h6,8-9,11-14,16-21,23-26H,7,10,15,22,27,41H2,1-5H3;1H;/q;;-1/p+2. The molecule has 2 aliphatic rings. The summed E-state index contributed by atoms with van der Waals surface area (Å²) >= 11 is 0. The number of hydrogen-bond acceptors (Lipinski definition) is 2. The van der Waals surface area contributed by atoms with Crippen LogP contribution in [0.1, 0.15) is 64.5 Å². The summed E-state index contributed by atoms with van der Waals surface area (Å²) in [5.74, 6) is 3.50. The van der Waals surface area contributed by atoms with Crippen molar-refractivity contribution < 1.29 is 40.4 Å². The number of anilines is 1. The van der Waals surface area contributed by atoms with Crippen molar-refractivity contribution in [3.8, 4) is 0 Å². The van der Waals surface area contributed by atoms with Gasteiger partial charge in [0.15, 0.2) is 5.71 Å². The van der Waals surface area contributed by atoms with Crippen LogP contribution in [0.5, 0.6) is 0 Å². The number of halogens is 7. The zero-order valence-electron chi connectivity index (χ0n) is 30.5. The summed E-state index contributed by atoms with van der Waals surface area (Å²) in [5.41, 5.74) is 10.2. The Morgan fingerprint density at radius 1 is 0.774 bits per heavy atom. The van der Waals surface area contributed by atoms with Crippen molar-refractivity contribution in [2.45, 2.75) is 64.2 Å². The van der Waals surface area contributed by atoms with Gasteiger partial charge in [-0.15, -0.1) is 12.4 Å². The van der Waals surface area contributed by atoms with Gasteiger partial charge >= 0.3 is 33.0 Å². The second-order valence-corrected chi connectivity index (χ2v) is 16.3. The van der Waals surface area contributed by atoms with E-state index in [0.29, 0.717) is 6.42 Å². The van der Waals surface area contributed by atoms with Gasteiger partial charge in [0.25, 0.3) is 5.91 Å². The van der Waals surface area contributed by atoms with Crippen molar-refractivity contribution in [3.05, 3.63) is 120 Å². The van der Waals surface area contributed by atoms with Crippen molar-refractivity contribution in [3.63, 3.8) is 0 Å². The molecule has 0 bridgehead atoms. The van der Waals surface area contributed by atoms with Gasteiger partial charge < -0.3 is 4.90 Å². The molecule has 0 atom stereocenters. The first-order chi connectivity index (χ1) is 24.1. The summed E-state index contributed by atoms with van der Waals surface area (Å²) in [5, 5.41) is 5.21. The van der Waals surface area contributed by atoms with Crippen LogP contribution in [0.2, 0.25) is 0 Å². The van der Waals surface area contributed by atoms with Gasteiger partial charge in [0.05, 0.1) is 5.41 Å². The van der Waals surface area contributed by atoms with Crippen LogP contribution in [0.25, 0.3) is 21.5 Å². The number of allylic oxidation sites excluding steroid dienone is 6. The van der Waals surface area contributed by atoms with Crippen LogP contribution in [0.3, 0.4) is 0 Å². The van der Waals surface area contributed by atoms with Crippen LogP contribution in [-0.2, 0) is 15.6 Å². The van der Waals surface area contributed by atoms with Crippen LogP contribution in [0, 0.1) is 0 Å². The summed E-state index contributed by atoms with van der Waals surface area (Å²) in [7, 11) is -8.48. The Hall–Kier alpha value is -4.18. The third-order valence-electron chi connectivity index (χ3n) is 9.86. The molecule has 0 aliphatic carbocycles. The number of quaternary nitrogens is 1. The number of fused-ring (bicyclic) bond motifs is 6. The maximum absolute atomic E-state index is 11.7. The molecule has 0 aromatic heterocycles. The van der Waals surface area contributed by atoms with Crippen molar-refractivity contribution in [2.24, 2.45) is 0 Å². The Kier molecular flexibility index (Phi) is 11.4. The number of rotatable bonds is 9. The molecule has 0 saturated carbocycles. The van der Waals surface area contributed by atoms with E-state index in [1.54, 1.807) is 0 Å². The SMILES string of the molecule is C[N+]1=C(/C=C/C=C/C=C2/N(CCCCCC(=O)N[NH3+])c3ccc4ccccc4c3C2(C)C)C(C)(C)c2c1ccc1ccccc21.Cl.F[P-](F)(F)(F)(F)F. The van der Waals surface area contributed by atoms with Crippen LogP contribution in [0.4, 0.5) is 36.6 Å². The summed E-state index contributed by atoms with van der Waals surface area (Å²) in [4.78, 5) is 14.2. The molecule has 4 aromatic carbocycles. The van der Waals surface area contributed by atoms with Gasteiger partial charge in [-0.05, 0) is 72.0 Å². The van der Waals surface area contributed by atoms with E-state index in [-0.39, 0.29) is 29.1 Å². The molecule has 13 heteroatoms. The number of carbonyl (C=O) groups is 1. The van der Waals surface area contributed by atoms with Crippen LogP contribution in [0.15, 0.2) is 109 Å². The van der Waals surface area contributed by atoms with Crippen LogP contribution in [-0.4, -0.2) is 29.8 Å². The van der Waals surface area contributed by atoms with E-state index >= 15 is 0 Å². The van der Waals surface area contributed by atoms with Crippen molar-refractivity contribution in [2.75, 3.05) is 18.5 Å². The minimum absolute atomic E-state index is 0. The zero-order valence-corrected chi connectivity index (χ0v) is 32.2. The number of amides is 1. The average molecular weight is 780 g/mol. The van der Waals surface area contributed by atoms with E-state index in [2.05, 4.69) is 159 Å². The molecule has 5 nitrogen and oxygen atoms in total. The van der Waals surface area contributed by atoms with E-state index in [1.807, 2.05) is 0 Å². The van der Waals surface area contributed by atoms with E-state index in [1.165, 1.54) is 55.5 Å². The molecular weight excluding hydrogens is 733 g/mol. The summed E-state index contributed by atoms with van der Waals surface area (Å²) in [6, 6.07) is 26.4. The van der Waals surface area contributed by atoms with E-state index in [9.17, 15) is 30.0 Å². The van der Waals surface area contributed by atoms with Crippen molar-refractivity contribution in [1.82, 2.24) is 5.43 Å². The molecule has 2 heterocycles. The van der Waals surface area contributed by atoms with Gasteiger partial charge in [-0.3, -0.25) is 10.6 Å². The number of benzene rings is 4. The van der Waals surface area contributed by atoms with Crippen molar-refractivity contribution >= 4 is 64.8 Å². The Morgan fingerprint density at radius 2 is 1.34 bits per heavy atom. The maximum atomic E-state index is 11.7. The molecule has 0 saturated heterocycles. The molecule has 0 fully saturated rings. The first kappa shape index (κ1) is 41.6. The Balaban J connectivity index is 0.000000715. The molecule has 0 radical (unpaired) electrons. The Bertz CT molecular complexity index is 2150. The summed E-state index contributed by atoms with van der Waals surface area (Å²) < 4.78 is 61.5. The third-order valence-corrected chi connectivity index (χ3v) is 9.86. The van der Waals surface area contributed by atoms with Crippen LogP contribution >= 0.6 is 20.2 Å². The topological polar surface area (TPSA) is 63.0 Å². The minimum atomic E-state index is -10.7. The zero-order chi connectivity index (χ0) is 38.2. The molecule has 0 spiro atoms. The molecule has 286 valence electrons. The fourth-order valence-corrected chi connectivity index (χ4v) is 7.65. The first-order valence-electron chi connectivity index (χ1n) is 17.2. The quantitative estimate of drug-likeness (QED) is 0.0444. The molecule has 4 aromatic rings. The molecule has 4 N–H and O–H groups in total. The molecule has 0 unspecified atom stereocenters. The second-order valence-electron chi connectivity index (χ2n) is 14.4. The number of nitrogens with one attached hydrogen (secondary N) is 1. The summed E-state index contributed by atoms with van der Waals surface area (Å²) in [6.45, 7) is 10.3. The summed E-state index contributed by atoms with van der Waals surface area (Å²) in [6.07, 6.45) is 14.5. The van der Waals surface area contributed by atoms with E-state index in [4.69, 9.17) is 0 Å². The Labute approximate surface area is 312 Å². The molecule has 1 amide bonds. The average Bonchev–Trinajstić information content (AvgIpc) is 3.40. The predicted molar refractivity (Wildman–Crippen MR) is 209 cm³/mol. The first-order valence-corrected chi connectivity index (χ1v) is 19.2. The second kappa shape index (κ2) is 14.6. The number of hydrogen-bond donors (Lipinski definition) is 2. The van der Waals surface area contributed by atoms with E-state index in [0.717, 1.165) is 25.8 Å². The normalized spacial score (nSPS) is 18.1. The van der Waals surface area contributed by atoms with Gasteiger partial charge in [-0.25, -0.2) is 5.43 Å². The molecule has 53 heavy (non-hydrogen) atoms. The fourth-order valence-electron chi connectivity index (χ4n) is 7.65. The molecular formula is C40H47ClF6N4OP+.